The van der Waals surface area contributed by atoms with Gasteiger partial charge in [-0.15, -0.1) is 0 Å². The minimum Gasteiger partial charge on any atom is -0.448 e. The predicted octanol–water partition coefficient (Wildman–Crippen LogP) is 2.45. The molecule has 4 heteroatoms. The molecule has 2 rings (SSSR count). The van der Waals surface area contributed by atoms with Gasteiger partial charge < -0.3 is 14.5 Å². The molecule has 1 aromatic rings. The van der Waals surface area contributed by atoms with Crippen molar-refractivity contribution in [3.8, 4) is 0 Å². The minimum atomic E-state index is 0.443. The van der Waals surface area contributed by atoms with Gasteiger partial charge in [-0.25, -0.2) is 0 Å². The first-order valence-electron chi connectivity index (χ1n) is 5.26. The smallest absolute Gasteiger partial charge is 0.193 e. The molecule has 1 saturated carbocycles. The Morgan fingerprint density at radius 3 is 2.93 bits per heavy atom. The van der Waals surface area contributed by atoms with Crippen LogP contribution in [0.1, 0.15) is 18.6 Å². The van der Waals surface area contributed by atoms with E-state index in [9.17, 15) is 0 Å². The Labute approximate surface area is 94.7 Å². The molecule has 15 heavy (non-hydrogen) atoms. The average molecular weight is 230 g/mol. The number of ether oxygens (including phenoxy) is 1. The summed E-state index contributed by atoms with van der Waals surface area (Å²) < 4.78 is 10.5. The third-order valence-electron chi connectivity index (χ3n) is 2.70. The van der Waals surface area contributed by atoms with Gasteiger partial charge in [0, 0.05) is 13.2 Å². The molecular formula is C11H16ClNO2. The van der Waals surface area contributed by atoms with Gasteiger partial charge in [0.25, 0.3) is 0 Å². The van der Waals surface area contributed by atoms with Crippen molar-refractivity contribution in [3.05, 3.63) is 23.1 Å². The topological polar surface area (TPSA) is 34.4 Å². The van der Waals surface area contributed by atoms with Crippen LogP contribution < -0.4 is 5.32 Å². The highest BCUT2D eigenvalue weighted by Crippen LogP contribution is 2.32. The van der Waals surface area contributed by atoms with Crippen LogP contribution in [0.5, 0.6) is 0 Å². The number of nitrogens with one attached hydrogen (secondary N) is 1. The molecule has 1 heterocycles. The fraction of sp³-hybridized carbons (Fsp3) is 0.636. The van der Waals surface area contributed by atoms with E-state index in [4.69, 9.17) is 20.8 Å². The van der Waals surface area contributed by atoms with Gasteiger partial charge in [-0.05, 0) is 42.5 Å². The Hall–Kier alpha value is -0.510. The molecule has 1 fully saturated rings. The standard InChI is InChI=1S/C11H16ClNO2/c1-14-7-10(8-2-3-8)13-6-9-4-5-11(12)15-9/h4-5,8,10,13H,2-3,6-7H2,1H3. The molecule has 1 aliphatic carbocycles. The molecule has 1 aliphatic rings. The van der Waals surface area contributed by atoms with Crippen molar-refractivity contribution in [2.75, 3.05) is 13.7 Å². The van der Waals surface area contributed by atoms with Crippen molar-refractivity contribution in [1.29, 1.82) is 0 Å². The summed E-state index contributed by atoms with van der Waals surface area (Å²) in [6.07, 6.45) is 2.61. The molecular weight excluding hydrogens is 214 g/mol. The molecule has 0 radical (unpaired) electrons. The van der Waals surface area contributed by atoms with Crippen LogP contribution in [0.3, 0.4) is 0 Å². The number of furan rings is 1. The fourth-order valence-corrected chi connectivity index (χ4v) is 1.88. The predicted molar refractivity (Wildman–Crippen MR) is 58.9 cm³/mol. The summed E-state index contributed by atoms with van der Waals surface area (Å²) in [6.45, 7) is 1.48. The highest BCUT2D eigenvalue weighted by molar-refractivity contribution is 6.28. The van der Waals surface area contributed by atoms with E-state index < -0.39 is 0 Å². The second kappa shape index (κ2) is 5.01. The average Bonchev–Trinajstić information content (AvgIpc) is 2.97. The maximum Gasteiger partial charge on any atom is 0.193 e. The first-order valence-corrected chi connectivity index (χ1v) is 5.64. The van der Waals surface area contributed by atoms with E-state index in [1.807, 2.05) is 6.07 Å². The molecule has 0 amide bonds. The molecule has 1 atom stereocenters. The van der Waals surface area contributed by atoms with Crippen LogP contribution in [-0.4, -0.2) is 19.8 Å². The van der Waals surface area contributed by atoms with Gasteiger partial charge in [0.2, 0.25) is 0 Å². The zero-order valence-corrected chi connectivity index (χ0v) is 9.59. The maximum absolute atomic E-state index is 5.69. The second-order valence-corrected chi connectivity index (χ2v) is 4.36. The summed E-state index contributed by atoms with van der Waals surface area (Å²) in [7, 11) is 1.74. The molecule has 0 saturated heterocycles. The van der Waals surface area contributed by atoms with Gasteiger partial charge in [-0.2, -0.15) is 0 Å². The van der Waals surface area contributed by atoms with E-state index in [2.05, 4.69) is 5.32 Å². The highest BCUT2D eigenvalue weighted by Gasteiger charge is 2.30. The van der Waals surface area contributed by atoms with E-state index in [0.29, 0.717) is 11.3 Å². The molecule has 1 N–H and O–H groups in total. The van der Waals surface area contributed by atoms with Crippen LogP contribution in [-0.2, 0) is 11.3 Å². The Balaban J connectivity index is 1.79. The van der Waals surface area contributed by atoms with Crippen LogP contribution in [0.4, 0.5) is 0 Å². The molecule has 84 valence electrons. The molecule has 0 aliphatic heterocycles. The zero-order valence-electron chi connectivity index (χ0n) is 8.83. The van der Waals surface area contributed by atoms with Crippen LogP contribution in [0.25, 0.3) is 0 Å². The fourth-order valence-electron chi connectivity index (χ4n) is 1.72. The lowest BCUT2D eigenvalue weighted by Crippen LogP contribution is -2.34. The lowest BCUT2D eigenvalue weighted by atomic mass is 10.2. The quantitative estimate of drug-likeness (QED) is 0.814. The third-order valence-corrected chi connectivity index (χ3v) is 2.91. The van der Waals surface area contributed by atoms with Crippen LogP contribution in [0.2, 0.25) is 5.22 Å². The lowest BCUT2D eigenvalue weighted by Gasteiger charge is -2.16. The monoisotopic (exact) mass is 229 g/mol. The van der Waals surface area contributed by atoms with Gasteiger partial charge in [0.05, 0.1) is 13.2 Å². The highest BCUT2D eigenvalue weighted by atomic mass is 35.5. The Bertz CT molecular complexity index is 309. The molecule has 0 spiro atoms. The first kappa shape index (κ1) is 11.0. The summed E-state index contributed by atoms with van der Waals surface area (Å²) in [5.41, 5.74) is 0. The maximum atomic E-state index is 5.69. The van der Waals surface area contributed by atoms with Gasteiger partial charge in [-0.3, -0.25) is 0 Å². The van der Waals surface area contributed by atoms with Crippen LogP contribution in [0, 0.1) is 5.92 Å². The molecule has 0 bridgehead atoms. The van der Waals surface area contributed by atoms with E-state index in [-0.39, 0.29) is 0 Å². The van der Waals surface area contributed by atoms with E-state index in [0.717, 1.165) is 24.8 Å². The number of hydrogen-bond acceptors (Lipinski definition) is 3. The second-order valence-electron chi connectivity index (χ2n) is 3.99. The first-order chi connectivity index (χ1) is 7.29. The zero-order chi connectivity index (χ0) is 10.7. The van der Waals surface area contributed by atoms with Gasteiger partial charge in [-0.1, -0.05) is 0 Å². The van der Waals surface area contributed by atoms with Crippen molar-refractivity contribution in [2.24, 2.45) is 5.92 Å². The Morgan fingerprint density at radius 1 is 1.60 bits per heavy atom. The number of halogens is 1. The molecule has 1 aromatic heterocycles. The molecule has 0 aromatic carbocycles. The normalized spacial score (nSPS) is 18.0. The van der Waals surface area contributed by atoms with E-state index in [1.54, 1.807) is 13.2 Å². The Kier molecular flexibility index (Phi) is 3.67. The van der Waals surface area contributed by atoms with Gasteiger partial charge in [0.1, 0.15) is 5.76 Å². The summed E-state index contributed by atoms with van der Waals surface area (Å²) in [6, 6.07) is 4.10. The van der Waals surface area contributed by atoms with Gasteiger partial charge >= 0.3 is 0 Å². The number of methoxy groups -OCH3 is 1. The van der Waals surface area contributed by atoms with E-state index >= 15 is 0 Å². The van der Waals surface area contributed by atoms with E-state index in [1.165, 1.54) is 12.8 Å². The van der Waals surface area contributed by atoms with Crippen molar-refractivity contribution in [2.45, 2.75) is 25.4 Å². The SMILES string of the molecule is COCC(NCc1ccc(Cl)o1)C1CC1. The van der Waals surface area contributed by atoms with Crippen molar-refractivity contribution in [3.63, 3.8) is 0 Å². The summed E-state index contributed by atoms with van der Waals surface area (Å²) in [5.74, 6) is 1.65. The molecule has 1 unspecified atom stereocenters. The largest absolute Gasteiger partial charge is 0.448 e. The number of hydrogen-bond donors (Lipinski definition) is 1. The summed E-state index contributed by atoms with van der Waals surface area (Å²) in [5, 5.41) is 3.88. The summed E-state index contributed by atoms with van der Waals surface area (Å²) in [4.78, 5) is 0. The number of rotatable bonds is 6. The van der Waals surface area contributed by atoms with Crippen molar-refractivity contribution in [1.82, 2.24) is 5.32 Å². The molecule has 3 nitrogen and oxygen atoms in total. The Morgan fingerprint density at radius 2 is 2.40 bits per heavy atom. The summed E-state index contributed by atoms with van der Waals surface area (Å²) >= 11 is 5.69. The van der Waals surface area contributed by atoms with Crippen LogP contribution in [0.15, 0.2) is 16.5 Å². The van der Waals surface area contributed by atoms with Crippen molar-refractivity contribution < 1.29 is 9.15 Å². The van der Waals surface area contributed by atoms with Crippen LogP contribution >= 0.6 is 11.6 Å². The van der Waals surface area contributed by atoms with Gasteiger partial charge in [0.15, 0.2) is 5.22 Å². The van der Waals surface area contributed by atoms with Crippen molar-refractivity contribution >= 4 is 11.6 Å². The lowest BCUT2D eigenvalue weighted by molar-refractivity contribution is 0.156. The minimum absolute atomic E-state index is 0.443. The third kappa shape index (κ3) is 3.23.